The second-order valence-electron chi connectivity index (χ2n) is 5.76. The largest absolute Gasteiger partial charge is 0.392 e. The number of carbonyl (C=O) groups excluding carboxylic acids is 1. The van der Waals surface area contributed by atoms with E-state index in [9.17, 15) is 4.79 Å². The molecule has 1 aliphatic carbocycles. The third-order valence-electron chi connectivity index (χ3n) is 4.38. The van der Waals surface area contributed by atoms with E-state index in [2.05, 4.69) is 0 Å². The van der Waals surface area contributed by atoms with Crippen LogP contribution in [-0.4, -0.2) is 42.1 Å². The van der Waals surface area contributed by atoms with Gasteiger partial charge in [-0.2, -0.15) is 0 Å². The van der Waals surface area contributed by atoms with Gasteiger partial charge in [0.25, 0.3) is 0 Å². The van der Waals surface area contributed by atoms with E-state index in [0.29, 0.717) is 18.1 Å². The summed E-state index contributed by atoms with van der Waals surface area (Å²) in [5.74, 6) is 0.0963. The minimum Gasteiger partial charge on any atom is -0.392 e. The average Bonchev–Trinajstić information content (AvgIpc) is 2.66. The zero-order valence-corrected chi connectivity index (χ0v) is 13.8. The first-order chi connectivity index (χ1) is 9.49. The van der Waals surface area contributed by atoms with Gasteiger partial charge in [-0.1, -0.05) is 37.9 Å². The zero-order valence-electron chi connectivity index (χ0n) is 13.0. The predicted molar refractivity (Wildman–Crippen MR) is 85.6 cm³/mol. The molecule has 1 fully saturated rings. The Morgan fingerprint density at radius 1 is 1.35 bits per heavy atom. The number of nitrogens with zero attached hydrogens (tertiary/aromatic N) is 1. The van der Waals surface area contributed by atoms with Crippen LogP contribution in [0.1, 0.15) is 52.4 Å². The lowest BCUT2D eigenvalue weighted by molar-refractivity contribution is -0.141. The number of carbonyl (C=O) groups is 1. The molecule has 1 rings (SSSR count). The van der Waals surface area contributed by atoms with E-state index in [1.807, 2.05) is 18.7 Å². The van der Waals surface area contributed by atoms with Gasteiger partial charge in [-0.3, -0.25) is 4.79 Å². The van der Waals surface area contributed by atoms with E-state index in [0.717, 1.165) is 38.5 Å². The summed E-state index contributed by atoms with van der Waals surface area (Å²) in [7, 11) is 1.66. The molecule has 1 amide bonds. The van der Waals surface area contributed by atoms with Crippen molar-refractivity contribution in [2.45, 2.75) is 58.4 Å². The molecule has 1 unspecified atom stereocenters. The fourth-order valence-electron chi connectivity index (χ4n) is 3.16. The van der Waals surface area contributed by atoms with Crippen LogP contribution in [0.3, 0.4) is 0 Å². The van der Waals surface area contributed by atoms with Crippen molar-refractivity contribution in [3.63, 3.8) is 0 Å². The highest BCUT2D eigenvalue weighted by Gasteiger charge is 2.44. The number of ether oxygens (including phenoxy) is 1. The van der Waals surface area contributed by atoms with Gasteiger partial charge in [-0.15, -0.1) is 0 Å². The summed E-state index contributed by atoms with van der Waals surface area (Å²) in [6.45, 7) is 5.20. The summed E-state index contributed by atoms with van der Waals surface area (Å²) in [5.41, 5.74) is 5.36. The van der Waals surface area contributed by atoms with E-state index < -0.39 is 5.41 Å². The van der Waals surface area contributed by atoms with Gasteiger partial charge in [0, 0.05) is 13.7 Å². The SMILES string of the molecule is CCN(C(=O)C1(C(N)=S)CCCCCC1)C(C)COC. The summed E-state index contributed by atoms with van der Waals surface area (Å²) in [6.07, 6.45) is 5.96. The number of thiocarbonyl (C=S) groups is 1. The first-order valence-electron chi connectivity index (χ1n) is 7.59. The molecule has 1 atom stereocenters. The van der Waals surface area contributed by atoms with Gasteiger partial charge in [0.15, 0.2) is 0 Å². The molecule has 0 aromatic heterocycles. The molecular formula is C15H28N2O2S. The molecule has 2 N–H and O–H groups in total. The van der Waals surface area contributed by atoms with Crippen LogP contribution in [0.25, 0.3) is 0 Å². The predicted octanol–water partition coefficient (Wildman–Crippen LogP) is 2.50. The van der Waals surface area contributed by atoms with Crippen LogP contribution >= 0.6 is 12.2 Å². The zero-order chi connectivity index (χ0) is 15.2. The lowest BCUT2D eigenvalue weighted by Crippen LogP contribution is -2.53. The third-order valence-corrected chi connectivity index (χ3v) is 4.77. The van der Waals surface area contributed by atoms with Crippen molar-refractivity contribution < 1.29 is 9.53 Å². The van der Waals surface area contributed by atoms with Gasteiger partial charge < -0.3 is 15.4 Å². The Labute approximate surface area is 128 Å². The van der Waals surface area contributed by atoms with Gasteiger partial charge in [-0.05, 0) is 26.7 Å². The van der Waals surface area contributed by atoms with Gasteiger partial charge in [0.05, 0.1) is 23.1 Å². The van der Waals surface area contributed by atoms with Gasteiger partial charge in [0.1, 0.15) is 0 Å². The molecule has 0 bridgehead atoms. The highest BCUT2D eigenvalue weighted by atomic mass is 32.1. The van der Waals surface area contributed by atoms with Crippen molar-refractivity contribution in [2.75, 3.05) is 20.3 Å². The fourth-order valence-corrected chi connectivity index (χ4v) is 3.45. The van der Waals surface area contributed by atoms with Crippen LogP contribution in [0.5, 0.6) is 0 Å². The second-order valence-corrected chi connectivity index (χ2v) is 6.20. The maximum atomic E-state index is 13.1. The molecule has 0 aliphatic heterocycles. The van der Waals surface area contributed by atoms with E-state index >= 15 is 0 Å². The number of likely N-dealkylation sites (N-methyl/N-ethyl adjacent to an activating group) is 1. The summed E-state index contributed by atoms with van der Waals surface area (Å²) in [5, 5.41) is 0. The summed E-state index contributed by atoms with van der Waals surface area (Å²) in [6, 6.07) is 0.0481. The number of rotatable bonds is 6. The van der Waals surface area contributed by atoms with Gasteiger partial charge >= 0.3 is 0 Å². The molecule has 0 aromatic carbocycles. The molecule has 20 heavy (non-hydrogen) atoms. The standard InChI is InChI=1S/C15H28N2O2S/c1-4-17(12(2)11-19-3)14(18)15(13(16)20)9-7-5-6-8-10-15/h12H,4-11H2,1-3H3,(H2,16,20). The van der Waals surface area contributed by atoms with Crippen molar-refractivity contribution in [1.82, 2.24) is 4.90 Å². The molecular weight excluding hydrogens is 272 g/mol. The molecule has 1 saturated carbocycles. The van der Waals surface area contributed by atoms with E-state index in [1.54, 1.807) is 7.11 Å². The normalized spacial score (nSPS) is 19.9. The Morgan fingerprint density at radius 2 is 1.90 bits per heavy atom. The molecule has 0 spiro atoms. The number of hydrogen-bond donors (Lipinski definition) is 1. The average molecular weight is 300 g/mol. The molecule has 0 aromatic rings. The van der Waals surface area contributed by atoms with Crippen molar-refractivity contribution >= 4 is 23.1 Å². The molecule has 0 radical (unpaired) electrons. The molecule has 0 heterocycles. The van der Waals surface area contributed by atoms with Gasteiger partial charge in [0.2, 0.25) is 5.91 Å². The maximum absolute atomic E-state index is 13.1. The topological polar surface area (TPSA) is 55.6 Å². The van der Waals surface area contributed by atoms with Crippen LogP contribution in [0, 0.1) is 5.41 Å². The molecule has 0 saturated heterocycles. The maximum Gasteiger partial charge on any atom is 0.235 e. The molecule has 116 valence electrons. The minimum absolute atomic E-state index is 0.0481. The summed E-state index contributed by atoms with van der Waals surface area (Å²) in [4.78, 5) is 15.3. The van der Waals surface area contributed by atoms with Crippen LogP contribution in [0.15, 0.2) is 0 Å². The van der Waals surface area contributed by atoms with Crippen molar-refractivity contribution in [3.8, 4) is 0 Å². The van der Waals surface area contributed by atoms with Crippen molar-refractivity contribution in [1.29, 1.82) is 0 Å². The number of amides is 1. The highest BCUT2D eigenvalue weighted by molar-refractivity contribution is 7.80. The number of methoxy groups -OCH3 is 1. The number of nitrogens with two attached hydrogens (primary N) is 1. The molecule has 5 heteroatoms. The van der Waals surface area contributed by atoms with Crippen LogP contribution < -0.4 is 5.73 Å². The van der Waals surface area contributed by atoms with Crippen LogP contribution in [-0.2, 0) is 9.53 Å². The van der Waals surface area contributed by atoms with Crippen LogP contribution in [0.4, 0.5) is 0 Å². The molecule has 1 aliphatic rings. The second kappa shape index (κ2) is 7.93. The third kappa shape index (κ3) is 3.70. The highest BCUT2D eigenvalue weighted by Crippen LogP contribution is 2.37. The Balaban J connectivity index is 2.99. The Bertz CT molecular complexity index is 339. The van der Waals surface area contributed by atoms with Crippen LogP contribution in [0.2, 0.25) is 0 Å². The molecule has 4 nitrogen and oxygen atoms in total. The monoisotopic (exact) mass is 300 g/mol. The lowest BCUT2D eigenvalue weighted by atomic mass is 9.78. The van der Waals surface area contributed by atoms with E-state index in [4.69, 9.17) is 22.7 Å². The summed E-state index contributed by atoms with van der Waals surface area (Å²) >= 11 is 5.28. The Hall–Kier alpha value is -0.680. The Kier molecular flexibility index (Phi) is 6.89. The number of hydrogen-bond acceptors (Lipinski definition) is 3. The quantitative estimate of drug-likeness (QED) is 0.605. The van der Waals surface area contributed by atoms with Crippen molar-refractivity contribution in [2.24, 2.45) is 11.1 Å². The fraction of sp³-hybridized carbons (Fsp3) is 0.867. The van der Waals surface area contributed by atoms with E-state index in [-0.39, 0.29) is 11.9 Å². The van der Waals surface area contributed by atoms with E-state index in [1.165, 1.54) is 0 Å². The Morgan fingerprint density at radius 3 is 2.30 bits per heavy atom. The first-order valence-corrected chi connectivity index (χ1v) is 8.00. The van der Waals surface area contributed by atoms with Gasteiger partial charge in [-0.25, -0.2) is 0 Å². The summed E-state index contributed by atoms with van der Waals surface area (Å²) < 4.78 is 5.18. The first kappa shape index (κ1) is 17.4. The van der Waals surface area contributed by atoms with Crippen molar-refractivity contribution in [3.05, 3.63) is 0 Å². The minimum atomic E-state index is -0.635. The smallest absolute Gasteiger partial charge is 0.235 e. The lowest BCUT2D eigenvalue weighted by Gasteiger charge is -2.38.